The topological polar surface area (TPSA) is 108 Å². The molecule has 0 fully saturated rings. The van der Waals surface area contributed by atoms with Gasteiger partial charge in [-0.05, 0) is 42.8 Å². The number of hydrogen-bond donors (Lipinski definition) is 2. The van der Waals surface area contributed by atoms with E-state index in [0.717, 1.165) is 6.26 Å². The quantitative estimate of drug-likeness (QED) is 0.687. The lowest BCUT2D eigenvalue weighted by molar-refractivity contribution is -0.117. The number of carbonyl (C=O) groups excluding carboxylic acids is 1. The van der Waals surface area contributed by atoms with E-state index in [9.17, 15) is 13.2 Å². The van der Waals surface area contributed by atoms with Crippen molar-refractivity contribution in [3.05, 3.63) is 48.5 Å². The van der Waals surface area contributed by atoms with E-state index in [1.807, 2.05) is 12.1 Å². The summed E-state index contributed by atoms with van der Waals surface area (Å²) >= 11 is 0. The average molecular weight is 415 g/mol. The first-order valence-corrected chi connectivity index (χ1v) is 9.99. The number of nitrogens with one attached hydrogen (secondary N) is 1. The lowest BCUT2D eigenvalue weighted by Gasteiger charge is -2.13. The molecule has 9 heteroatoms. The predicted octanol–water partition coefficient (Wildman–Crippen LogP) is 2.61. The second-order valence-corrected chi connectivity index (χ2v) is 8.05. The third-order valence-corrected chi connectivity index (χ3v) is 4.53. The second-order valence-electron chi connectivity index (χ2n) is 5.79. The highest BCUT2D eigenvalue weighted by Gasteiger charge is 2.16. The number of rotatable bonds is 8. The molecular formula is C18H23ClN2O5S. The Morgan fingerprint density at radius 2 is 1.70 bits per heavy atom. The minimum atomic E-state index is -3.15. The van der Waals surface area contributed by atoms with Gasteiger partial charge in [0, 0.05) is 11.9 Å². The van der Waals surface area contributed by atoms with Gasteiger partial charge >= 0.3 is 0 Å². The van der Waals surface area contributed by atoms with Gasteiger partial charge in [-0.3, -0.25) is 4.79 Å². The van der Waals surface area contributed by atoms with E-state index in [1.54, 1.807) is 43.5 Å². The summed E-state index contributed by atoms with van der Waals surface area (Å²) in [5.41, 5.74) is 6.26. The molecule has 0 aromatic heterocycles. The third-order valence-electron chi connectivity index (χ3n) is 3.56. The molecule has 1 amide bonds. The van der Waals surface area contributed by atoms with Gasteiger partial charge in [0.25, 0.3) is 0 Å². The molecule has 7 nitrogen and oxygen atoms in total. The lowest BCUT2D eigenvalue weighted by atomic mass is 10.2. The van der Waals surface area contributed by atoms with E-state index in [1.165, 1.54) is 0 Å². The third kappa shape index (κ3) is 7.46. The van der Waals surface area contributed by atoms with Crippen LogP contribution in [0.5, 0.6) is 17.2 Å². The molecule has 0 bridgehead atoms. The summed E-state index contributed by atoms with van der Waals surface area (Å²) in [5, 5.41) is 2.65. The summed E-state index contributed by atoms with van der Waals surface area (Å²) in [6.07, 6.45) is 1.18. The summed E-state index contributed by atoms with van der Waals surface area (Å²) in [6.45, 7) is 0. The first kappa shape index (κ1) is 22.8. The number of carbonyl (C=O) groups is 1. The van der Waals surface area contributed by atoms with Gasteiger partial charge in [-0.2, -0.15) is 0 Å². The van der Waals surface area contributed by atoms with E-state index >= 15 is 0 Å². The predicted molar refractivity (Wildman–Crippen MR) is 108 cm³/mol. The van der Waals surface area contributed by atoms with Gasteiger partial charge in [0.1, 0.15) is 15.6 Å². The maximum Gasteiger partial charge on any atom is 0.241 e. The molecule has 2 rings (SSSR count). The number of methoxy groups -OCH3 is 1. The number of ether oxygens (including phenoxy) is 2. The Labute approximate surface area is 165 Å². The summed E-state index contributed by atoms with van der Waals surface area (Å²) in [6, 6.07) is 13.1. The van der Waals surface area contributed by atoms with Crippen LogP contribution in [-0.2, 0) is 14.6 Å². The average Bonchev–Trinajstić information content (AvgIpc) is 2.61. The first-order valence-electron chi connectivity index (χ1n) is 7.93. The number of amides is 1. The SMILES string of the molecule is COc1ccccc1Oc1ccc(NC(=O)C(N)CCS(C)(=O)=O)cc1.Cl. The summed E-state index contributed by atoms with van der Waals surface area (Å²) in [5.74, 6) is 1.20. The van der Waals surface area contributed by atoms with Crippen molar-refractivity contribution in [2.45, 2.75) is 12.5 Å². The van der Waals surface area contributed by atoms with Crippen molar-refractivity contribution in [2.75, 3.05) is 24.4 Å². The molecule has 0 aliphatic heterocycles. The van der Waals surface area contributed by atoms with E-state index in [2.05, 4.69) is 5.32 Å². The van der Waals surface area contributed by atoms with Crippen LogP contribution in [0.25, 0.3) is 0 Å². The standard InChI is InChI=1S/C18H22N2O5S.ClH/c1-24-16-5-3-4-6-17(16)25-14-9-7-13(8-10-14)20-18(21)15(19)11-12-26(2,22)23;/h3-10,15H,11-12,19H2,1-2H3,(H,20,21);1H. The number of sulfone groups is 1. The number of para-hydroxylation sites is 2. The van der Waals surface area contributed by atoms with Crippen LogP contribution >= 0.6 is 12.4 Å². The number of benzene rings is 2. The van der Waals surface area contributed by atoms with E-state index in [0.29, 0.717) is 22.9 Å². The number of hydrogen-bond acceptors (Lipinski definition) is 6. The van der Waals surface area contributed by atoms with Crippen LogP contribution in [0.15, 0.2) is 48.5 Å². The molecule has 0 heterocycles. The summed E-state index contributed by atoms with van der Waals surface area (Å²) in [7, 11) is -1.59. The highest BCUT2D eigenvalue weighted by molar-refractivity contribution is 7.90. The number of anilines is 1. The Morgan fingerprint density at radius 3 is 2.26 bits per heavy atom. The maximum absolute atomic E-state index is 12.0. The minimum Gasteiger partial charge on any atom is -0.493 e. The molecule has 1 unspecified atom stereocenters. The van der Waals surface area contributed by atoms with E-state index in [-0.39, 0.29) is 24.6 Å². The Hall–Kier alpha value is -2.29. The molecule has 0 aliphatic rings. The van der Waals surface area contributed by atoms with Gasteiger partial charge in [0.15, 0.2) is 11.5 Å². The van der Waals surface area contributed by atoms with Crippen LogP contribution in [0.1, 0.15) is 6.42 Å². The van der Waals surface area contributed by atoms with Crippen molar-refractivity contribution in [1.29, 1.82) is 0 Å². The highest BCUT2D eigenvalue weighted by atomic mass is 35.5. The zero-order chi connectivity index (χ0) is 19.2. The molecule has 2 aromatic carbocycles. The normalized spacial score (nSPS) is 11.8. The molecule has 1 atom stereocenters. The molecule has 0 aliphatic carbocycles. The van der Waals surface area contributed by atoms with Crippen LogP contribution < -0.4 is 20.5 Å². The Balaban J connectivity index is 0.00000364. The van der Waals surface area contributed by atoms with Crippen molar-refractivity contribution < 1.29 is 22.7 Å². The Morgan fingerprint density at radius 1 is 1.11 bits per heavy atom. The summed E-state index contributed by atoms with van der Waals surface area (Å²) in [4.78, 5) is 12.0. The van der Waals surface area contributed by atoms with Crippen LogP contribution in [-0.4, -0.2) is 39.5 Å². The largest absolute Gasteiger partial charge is 0.493 e. The Bertz CT molecular complexity index is 856. The zero-order valence-corrected chi connectivity index (χ0v) is 16.7. The smallest absolute Gasteiger partial charge is 0.241 e. The van der Waals surface area contributed by atoms with Crippen molar-refractivity contribution in [1.82, 2.24) is 0 Å². The molecule has 0 saturated heterocycles. The molecule has 0 saturated carbocycles. The van der Waals surface area contributed by atoms with Crippen LogP contribution in [0.3, 0.4) is 0 Å². The molecular weight excluding hydrogens is 392 g/mol. The van der Waals surface area contributed by atoms with Gasteiger partial charge < -0.3 is 20.5 Å². The zero-order valence-electron chi connectivity index (χ0n) is 15.0. The maximum atomic E-state index is 12.0. The fourth-order valence-corrected chi connectivity index (χ4v) is 2.83. The molecule has 2 aromatic rings. The van der Waals surface area contributed by atoms with Crippen LogP contribution in [0, 0.1) is 0 Å². The summed E-state index contributed by atoms with van der Waals surface area (Å²) < 4.78 is 33.3. The molecule has 3 N–H and O–H groups in total. The molecule has 148 valence electrons. The number of halogens is 1. The van der Waals surface area contributed by atoms with Crippen molar-refractivity contribution in [3.8, 4) is 17.2 Å². The van der Waals surface area contributed by atoms with Crippen molar-refractivity contribution in [2.24, 2.45) is 5.73 Å². The van der Waals surface area contributed by atoms with Crippen molar-refractivity contribution in [3.63, 3.8) is 0 Å². The van der Waals surface area contributed by atoms with Crippen LogP contribution in [0.2, 0.25) is 0 Å². The van der Waals surface area contributed by atoms with Gasteiger partial charge in [0.05, 0.1) is 18.9 Å². The Kier molecular flexibility index (Phi) is 8.55. The van der Waals surface area contributed by atoms with E-state index < -0.39 is 21.8 Å². The first-order chi connectivity index (χ1) is 12.3. The second kappa shape index (κ2) is 10.1. The molecule has 27 heavy (non-hydrogen) atoms. The lowest BCUT2D eigenvalue weighted by Crippen LogP contribution is -2.37. The van der Waals surface area contributed by atoms with E-state index in [4.69, 9.17) is 15.2 Å². The number of nitrogens with two attached hydrogens (primary N) is 1. The monoisotopic (exact) mass is 414 g/mol. The van der Waals surface area contributed by atoms with Gasteiger partial charge in [0.2, 0.25) is 5.91 Å². The van der Waals surface area contributed by atoms with Gasteiger partial charge in [-0.25, -0.2) is 8.42 Å². The van der Waals surface area contributed by atoms with Gasteiger partial charge in [-0.15, -0.1) is 12.4 Å². The van der Waals surface area contributed by atoms with Crippen molar-refractivity contribution >= 4 is 33.8 Å². The fraction of sp³-hybridized carbons (Fsp3) is 0.278. The minimum absolute atomic E-state index is 0. The highest BCUT2D eigenvalue weighted by Crippen LogP contribution is 2.31. The molecule has 0 spiro atoms. The van der Waals surface area contributed by atoms with Crippen LogP contribution in [0.4, 0.5) is 5.69 Å². The fourth-order valence-electron chi connectivity index (χ4n) is 2.14. The molecule has 0 radical (unpaired) electrons. The van der Waals surface area contributed by atoms with Gasteiger partial charge in [-0.1, -0.05) is 12.1 Å².